The molecule has 0 fully saturated rings. The summed E-state index contributed by atoms with van der Waals surface area (Å²) in [5, 5.41) is 3.55. The van der Waals surface area contributed by atoms with Gasteiger partial charge >= 0.3 is 0 Å². The maximum Gasteiger partial charge on any atom is 0.123 e. The molecule has 1 aromatic carbocycles. The van der Waals surface area contributed by atoms with Crippen LogP contribution in [0, 0.1) is 12.7 Å². The number of nitrogens with zero attached hydrogens (tertiary/aromatic N) is 1. The standard InChI is InChI=1S/C14H15FN2S/c1-9-14(18-8-17-9)7-16-13-5-2-10-6-11(15)3-4-12(10)13/h3-4,6,8,13,16H,2,5,7H2,1H3. The highest BCUT2D eigenvalue weighted by atomic mass is 32.1. The third-order valence-electron chi connectivity index (χ3n) is 3.54. The monoisotopic (exact) mass is 262 g/mol. The van der Waals surface area contributed by atoms with Crippen molar-refractivity contribution in [1.29, 1.82) is 0 Å². The van der Waals surface area contributed by atoms with Crippen molar-refractivity contribution in [3.05, 3.63) is 51.2 Å². The Morgan fingerprint density at radius 2 is 2.39 bits per heavy atom. The summed E-state index contributed by atoms with van der Waals surface area (Å²) >= 11 is 1.68. The van der Waals surface area contributed by atoms with Crippen LogP contribution < -0.4 is 5.32 Å². The van der Waals surface area contributed by atoms with Crippen molar-refractivity contribution in [3.63, 3.8) is 0 Å². The quantitative estimate of drug-likeness (QED) is 0.917. The van der Waals surface area contributed by atoms with Gasteiger partial charge in [0.25, 0.3) is 0 Å². The summed E-state index contributed by atoms with van der Waals surface area (Å²) in [4.78, 5) is 5.53. The van der Waals surface area contributed by atoms with Gasteiger partial charge in [0, 0.05) is 17.5 Å². The largest absolute Gasteiger partial charge is 0.305 e. The highest BCUT2D eigenvalue weighted by molar-refractivity contribution is 7.09. The summed E-state index contributed by atoms with van der Waals surface area (Å²) in [5.74, 6) is -0.132. The molecule has 1 aliphatic carbocycles. The van der Waals surface area contributed by atoms with Gasteiger partial charge in [-0.1, -0.05) is 6.07 Å². The zero-order valence-corrected chi connectivity index (χ0v) is 11.1. The van der Waals surface area contributed by atoms with Crippen molar-refractivity contribution in [3.8, 4) is 0 Å². The van der Waals surface area contributed by atoms with Crippen LogP contribution in [-0.2, 0) is 13.0 Å². The van der Waals surface area contributed by atoms with E-state index in [2.05, 4.69) is 10.3 Å². The molecule has 18 heavy (non-hydrogen) atoms. The molecular weight excluding hydrogens is 247 g/mol. The number of benzene rings is 1. The van der Waals surface area contributed by atoms with Crippen LogP contribution in [0.3, 0.4) is 0 Å². The van der Waals surface area contributed by atoms with Crippen molar-refractivity contribution in [2.45, 2.75) is 32.4 Å². The van der Waals surface area contributed by atoms with Gasteiger partial charge in [0.2, 0.25) is 0 Å². The molecule has 2 aromatic rings. The number of aromatic nitrogens is 1. The molecule has 94 valence electrons. The molecule has 4 heteroatoms. The van der Waals surface area contributed by atoms with Gasteiger partial charge in [-0.25, -0.2) is 9.37 Å². The predicted molar refractivity (Wildman–Crippen MR) is 71.2 cm³/mol. The molecule has 0 bridgehead atoms. The van der Waals surface area contributed by atoms with E-state index in [-0.39, 0.29) is 5.82 Å². The van der Waals surface area contributed by atoms with Crippen LogP contribution in [-0.4, -0.2) is 4.98 Å². The third kappa shape index (κ3) is 2.18. The van der Waals surface area contributed by atoms with Crippen molar-refractivity contribution in [2.24, 2.45) is 0 Å². The summed E-state index contributed by atoms with van der Waals surface area (Å²) in [5.41, 5.74) is 5.38. The van der Waals surface area contributed by atoms with E-state index in [0.29, 0.717) is 6.04 Å². The number of thiazole rings is 1. The van der Waals surface area contributed by atoms with Gasteiger partial charge in [-0.05, 0) is 43.0 Å². The highest BCUT2D eigenvalue weighted by Gasteiger charge is 2.22. The molecule has 2 nitrogen and oxygen atoms in total. The minimum atomic E-state index is -0.132. The number of aryl methyl sites for hydroxylation is 2. The fourth-order valence-electron chi connectivity index (χ4n) is 2.51. The van der Waals surface area contributed by atoms with E-state index < -0.39 is 0 Å². The average molecular weight is 262 g/mol. The first-order valence-corrected chi connectivity index (χ1v) is 7.02. The van der Waals surface area contributed by atoms with E-state index in [1.807, 2.05) is 18.5 Å². The molecule has 0 saturated heterocycles. The van der Waals surface area contributed by atoms with Crippen LogP contribution in [0.2, 0.25) is 0 Å². The normalized spacial score (nSPS) is 18.0. The van der Waals surface area contributed by atoms with Crippen molar-refractivity contribution in [1.82, 2.24) is 10.3 Å². The zero-order chi connectivity index (χ0) is 12.5. The molecule has 1 aromatic heterocycles. The SMILES string of the molecule is Cc1ncsc1CNC1CCc2cc(F)ccc21. The Labute approximate surface area is 110 Å². The van der Waals surface area contributed by atoms with Gasteiger partial charge in [-0.15, -0.1) is 11.3 Å². The van der Waals surface area contributed by atoms with Gasteiger partial charge in [0.05, 0.1) is 11.2 Å². The summed E-state index contributed by atoms with van der Waals surface area (Å²) in [6.45, 7) is 2.88. The molecular formula is C14H15FN2S. The number of rotatable bonds is 3. The Hall–Kier alpha value is -1.26. The summed E-state index contributed by atoms with van der Waals surface area (Å²) in [7, 11) is 0. The molecule has 1 N–H and O–H groups in total. The molecule has 0 aliphatic heterocycles. The third-order valence-corrected chi connectivity index (χ3v) is 4.47. The molecule has 3 rings (SSSR count). The van der Waals surface area contributed by atoms with Gasteiger partial charge in [-0.2, -0.15) is 0 Å². The van der Waals surface area contributed by atoms with E-state index in [1.165, 1.54) is 10.4 Å². The second-order valence-electron chi connectivity index (χ2n) is 4.68. The second-order valence-corrected chi connectivity index (χ2v) is 5.62. The van der Waals surface area contributed by atoms with Crippen LogP contribution in [0.25, 0.3) is 0 Å². The van der Waals surface area contributed by atoms with Crippen LogP contribution in [0.15, 0.2) is 23.7 Å². The highest BCUT2D eigenvalue weighted by Crippen LogP contribution is 2.31. The first kappa shape index (κ1) is 11.8. The summed E-state index contributed by atoms with van der Waals surface area (Å²) in [6, 6.07) is 5.47. The van der Waals surface area contributed by atoms with Crippen LogP contribution in [0.4, 0.5) is 4.39 Å². The zero-order valence-electron chi connectivity index (χ0n) is 10.2. The Morgan fingerprint density at radius 3 is 3.17 bits per heavy atom. The fourth-order valence-corrected chi connectivity index (χ4v) is 3.24. The lowest BCUT2D eigenvalue weighted by Crippen LogP contribution is -2.18. The molecule has 0 spiro atoms. The molecule has 1 unspecified atom stereocenters. The van der Waals surface area contributed by atoms with E-state index in [0.717, 1.165) is 30.6 Å². The Balaban J connectivity index is 1.71. The number of hydrogen-bond acceptors (Lipinski definition) is 3. The van der Waals surface area contributed by atoms with Crippen molar-refractivity contribution in [2.75, 3.05) is 0 Å². The van der Waals surface area contributed by atoms with E-state index in [9.17, 15) is 4.39 Å². The molecule has 1 heterocycles. The number of fused-ring (bicyclic) bond motifs is 1. The fraction of sp³-hybridized carbons (Fsp3) is 0.357. The van der Waals surface area contributed by atoms with Crippen molar-refractivity contribution >= 4 is 11.3 Å². The number of halogens is 1. The van der Waals surface area contributed by atoms with Gasteiger partial charge in [-0.3, -0.25) is 0 Å². The molecule has 0 saturated carbocycles. The molecule has 0 radical (unpaired) electrons. The minimum Gasteiger partial charge on any atom is -0.305 e. The smallest absolute Gasteiger partial charge is 0.123 e. The molecule has 1 aliphatic rings. The maximum absolute atomic E-state index is 13.1. The van der Waals surface area contributed by atoms with Gasteiger partial charge < -0.3 is 5.32 Å². The molecule has 1 atom stereocenters. The lowest BCUT2D eigenvalue weighted by atomic mass is 10.1. The first-order valence-electron chi connectivity index (χ1n) is 6.14. The van der Waals surface area contributed by atoms with Gasteiger partial charge in [0.1, 0.15) is 5.82 Å². The van der Waals surface area contributed by atoms with E-state index in [1.54, 1.807) is 23.5 Å². The van der Waals surface area contributed by atoms with Crippen LogP contribution >= 0.6 is 11.3 Å². The lowest BCUT2D eigenvalue weighted by Gasteiger charge is -2.13. The number of hydrogen-bond donors (Lipinski definition) is 1. The summed E-state index contributed by atoms with van der Waals surface area (Å²) in [6.07, 6.45) is 2.02. The Kier molecular flexibility index (Phi) is 3.14. The Bertz CT molecular complexity index is 565. The summed E-state index contributed by atoms with van der Waals surface area (Å²) < 4.78 is 13.1. The topological polar surface area (TPSA) is 24.9 Å². The predicted octanol–water partition coefficient (Wildman–Crippen LogP) is 3.37. The van der Waals surface area contributed by atoms with Gasteiger partial charge in [0.15, 0.2) is 0 Å². The van der Waals surface area contributed by atoms with E-state index in [4.69, 9.17) is 0 Å². The molecule has 0 amide bonds. The van der Waals surface area contributed by atoms with Crippen LogP contribution in [0.5, 0.6) is 0 Å². The lowest BCUT2D eigenvalue weighted by molar-refractivity contribution is 0.532. The Morgan fingerprint density at radius 1 is 1.50 bits per heavy atom. The minimum absolute atomic E-state index is 0.132. The first-order chi connectivity index (χ1) is 8.74. The maximum atomic E-state index is 13.1. The second kappa shape index (κ2) is 4.78. The van der Waals surface area contributed by atoms with Crippen LogP contribution in [0.1, 0.15) is 34.2 Å². The number of nitrogens with one attached hydrogen (secondary N) is 1. The van der Waals surface area contributed by atoms with Crippen molar-refractivity contribution < 1.29 is 4.39 Å². The average Bonchev–Trinajstić information content (AvgIpc) is 2.93. The van der Waals surface area contributed by atoms with E-state index >= 15 is 0 Å².